The summed E-state index contributed by atoms with van der Waals surface area (Å²) in [6.07, 6.45) is 5.97. The van der Waals surface area contributed by atoms with Crippen LogP contribution >= 0.6 is 0 Å². The highest BCUT2D eigenvalue weighted by Crippen LogP contribution is 2.46. The van der Waals surface area contributed by atoms with Gasteiger partial charge in [0.1, 0.15) is 0 Å². The van der Waals surface area contributed by atoms with Gasteiger partial charge in [-0.15, -0.1) is 0 Å². The third-order valence-electron chi connectivity index (χ3n) is 3.68. The van der Waals surface area contributed by atoms with E-state index in [-0.39, 0.29) is 11.7 Å². The van der Waals surface area contributed by atoms with Crippen molar-refractivity contribution in [1.82, 2.24) is 0 Å². The molecule has 0 aromatic rings. The molecule has 2 rings (SSSR count). The summed E-state index contributed by atoms with van der Waals surface area (Å²) in [7, 11) is 0. The fourth-order valence-corrected chi connectivity index (χ4v) is 2.98. The van der Waals surface area contributed by atoms with Crippen molar-refractivity contribution < 1.29 is 4.39 Å². The summed E-state index contributed by atoms with van der Waals surface area (Å²) in [6, 6.07) is 0.306. The van der Waals surface area contributed by atoms with Crippen LogP contribution in [0.4, 0.5) is 4.39 Å². The molecular formula is C11H18FN. The van der Waals surface area contributed by atoms with E-state index in [2.05, 4.69) is 6.92 Å². The van der Waals surface area contributed by atoms with Gasteiger partial charge in [0.05, 0.1) is 5.83 Å². The van der Waals surface area contributed by atoms with Gasteiger partial charge < -0.3 is 5.73 Å². The summed E-state index contributed by atoms with van der Waals surface area (Å²) < 4.78 is 13.4. The van der Waals surface area contributed by atoms with E-state index in [4.69, 9.17) is 5.73 Å². The van der Waals surface area contributed by atoms with Crippen molar-refractivity contribution in [2.75, 3.05) is 0 Å². The van der Waals surface area contributed by atoms with Crippen LogP contribution in [-0.2, 0) is 0 Å². The minimum atomic E-state index is 0.131. The first kappa shape index (κ1) is 9.20. The van der Waals surface area contributed by atoms with Gasteiger partial charge in [0.2, 0.25) is 0 Å². The molecule has 0 spiro atoms. The summed E-state index contributed by atoms with van der Waals surface area (Å²) >= 11 is 0. The van der Waals surface area contributed by atoms with Crippen LogP contribution in [0.15, 0.2) is 11.9 Å². The van der Waals surface area contributed by atoms with Crippen molar-refractivity contribution >= 4 is 0 Å². The molecular weight excluding hydrogens is 165 g/mol. The fraction of sp³-hybridized carbons (Fsp3) is 0.818. The summed E-state index contributed by atoms with van der Waals surface area (Å²) in [5.41, 5.74) is 5.87. The Labute approximate surface area is 79.2 Å². The number of fused-ring (bicyclic) bond motifs is 1. The lowest BCUT2D eigenvalue weighted by Gasteiger charge is -2.32. The number of rotatable bonds is 1. The highest BCUT2D eigenvalue weighted by Gasteiger charge is 2.39. The van der Waals surface area contributed by atoms with Gasteiger partial charge in [0.25, 0.3) is 0 Å². The van der Waals surface area contributed by atoms with E-state index >= 15 is 0 Å². The Bertz CT molecular complexity index is 224. The summed E-state index contributed by atoms with van der Waals surface area (Å²) in [4.78, 5) is 0. The van der Waals surface area contributed by atoms with E-state index in [1.807, 2.05) is 6.08 Å². The van der Waals surface area contributed by atoms with Gasteiger partial charge in [-0.1, -0.05) is 6.92 Å². The lowest BCUT2D eigenvalue weighted by molar-refractivity contribution is 0.210. The minimum Gasteiger partial charge on any atom is -0.328 e. The predicted octanol–water partition coefficient (Wildman–Crippen LogP) is 2.62. The Morgan fingerprint density at radius 2 is 2.31 bits per heavy atom. The van der Waals surface area contributed by atoms with Gasteiger partial charge in [-0.3, -0.25) is 0 Å². The van der Waals surface area contributed by atoms with Crippen LogP contribution in [0.3, 0.4) is 0 Å². The molecule has 0 amide bonds. The van der Waals surface area contributed by atoms with Gasteiger partial charge in [0, 0.05) is 12.0 Å². The number of allylic oxidation sites excluding steroid dienone is 2. The first-order valence-corrected chi connectivity index (χ1v) is 5.35. The second-order valence-corrected chi connectivity index (χ2v) is 4.47. The Morgan fingerprint density at radius 1 is 1.54 bits per heavy atom. The molecule has 4 unspecified atom stereocenters. The Hall–Kier alpha value is -0.370. The molecule has 2 aliphatic rings. The standard InChI is InChI=1S/C11H18FN/c1-2-9-10-4-3-8(13)5-7(10)6-11(9)12/h6-10H,2-5,13H2,1H3. The van der Waals surface area contributed by atoms with Crippen molar-refractivity contribution in [3.63, 3.8) is 0 Å². The lowest BCUT2D eigenvalue weighted by Crippen LogP contribution is -2.33. The first-order chi connectivity index (χ1) is 6.22. The molecule has 1 fully saturated rings. The number of nitrogens with two attached hydrogens (primary N) is 1. The maximum absolute atomic E-state index is 13.4. The second kappa shape index (κ2) is 3.41. The third kappa shape index (κ3) is 1.52. The van der Waals surface area contributed by atoms with Gasteiger partial charge >= 0.3 is 0 Å². The quantitative estimate of drug-likeness (QED) is 0.664. The van der Waals surface area contributed by atoms with Crippen molar-refractivity contribution in [2.24, 2.45) is 23.5 Å². The maximum atomic E-state index is 13.4. The number of halogens is 1. The van der Waals surface area contributed by atoms with Gasteiger partial charge in [0.15, 0.2) is 0 Å². The van der Waals surface area contributed by atoms with Gasteiger partial charge in [-0.2, -0.15) is 0 Å². The molecule has 0 saturated heterocycles. The highest BCUT2D eigenvalue weighted by atomic mass is 19.1. The van der Waals surface area contributed by atoms with E-state index in [9.17, 15) is 4.39 Å². The SMILES string of the molecule is CCC1C(F)=CC2CC(N)CCC21. The summed E-state index contributed by atoms with van der Waals surface area (Å²) in [5.74, 6) is 1.34. The Balaban J connectivity index is 2.11. The molecule has 0 bridgehead atoms. The van der Waals surface area contributed by atoms with Crippen molar-refractivity contribution in [3.8, 4) is 0 Å². The first-order valence-electron chi connectivity index (χ1n) is 5.35. The molecule has 0 heterocycles. The zero-order valence-electron chi connectivity index (χ0n) is 8.17. The molecule has 1 saturated carbocycles. The zero-order chi connectivity index (χ0) is 9.42. The maximum Gasteiger partial charge on any atom is 0.0996 e. The molecule has 13 heavy (non-hydrogen) atoms. The minimum absolute atomic E-state index is 0.131. The van der Waals surface area contributed by atoms with E-state index < -0.39 is 0 Å². The lowest BCUT2D eigenvalue weighted by atomic mass is 9.75. The molecule has 1 nitrogen and oxygen atoms in total. The molecule has 2 aliphatic carbocycles. The zero-order valence-corrected chi connectivity index (χ0v) is 8.17. The Morgan fingerprint density at radius 3 is 3.00 bits per heavy atom. The van der Waals surface area contributed by atoms with Crippen LogP contribution < -0.4 is 5.73 Å². The van der Waals surface area contributed by atoms with E-state index in [1.165, 1.54) is 0 Å². The van der Waals surface area contributed by atoms with Gasteiger partial charge in [-0.05, 0) is 43.6 Å². The summed E-state index contributed by atoms with van der Waals surface area (Å²) in [5, 5.41) is 0. The largest absolute Gasteiger partial charge is 0.328 e. The predicted molar refractivity (Wildman–Crippen MR) is 51.8 cm³/mol. The average Bonchev–Trinajstić information content (AvgIpc) is 2.39. The van der Waals surface area contributed by atoms with Crippen LogP contribution in [0.25, 0.3) is 0 Å². The molecule has 4 atom stereocenters. The Kier molecular flexibility index (Phi) is 2.41. The third-order valence-corrected chi connectivity index (χ3v) is 3.68. The fourth-order valence-electron chi connectivity index (χ4n) is 2.98. The smallest absolute Gasteiger partial charge is 0.0996 e. The van der Waals surface area contributed by atoms with Gasteiger partial charge in [-0.25, -0.2) is 4.39 Å². The normalized spacial score (nSPS) is 44.4. The van der Waals surface area contributed by atoms with Crippen molar-refractivity contribution in [3.05, 3.63) is 11.9 Å². The van der Waals surface area contributed by atoms with Crippen LogP contribution in [-0.4, -0.2) is 6.04 Å². The highest BCUT2D eigenvalue weighted by molar-refractivity contribution is 5.14. The molecule has 0 aliphatic heterocycles. The van der Waals surface area contributed by atoms with Crippen LogP contribution in [0.2, 0.25) is 0 Å². The van der Waals surface area contributed by atoms with E-state index in [0.29, 0.717) is 17.9 Å². The number of hydrogen-bond acceptors (Lipinski definition) is 1. The molecule has 2 heteroatoms. The topological polar surface area (TPSA) is 26.0 Å². The van der Waals surface area contributed by atoms with Crippen molar-refractivity contribution in [2.45, 2.75) is 38.6 Å². The monoisotopic (exact) mass is 183 g/mol. The average molecular weight is 183 g/mol. The van der Waals surface area contributed by atoms with E-state index in [1.54, 1.807) is 0 Å². The summed E-state index contributed by atoms with van der Waals surface area (Å²) in [6.45, 7) is 2.08. The van der Waals surface area contributed by atoms with E-state index in [0.717, 1.165) is 25.7 Å². The number of hydrogen-bond donors (Lipinski definition) is 1. The molecule has 0 aromatic carbocycles. The van der Waals surface area contributed by atoms with Crippen LogP contribution in [0.5, 0.6) is 0 Å². The molecule has 0 radical (unpaired) electrons. The molecule has 0 aromatic heterocycles. The molecule has 74 valence electrons. The van der Waals surface area contributed by atoms with Crippen LogP contribution in [0.1, 0.15) is 32.6 Å². The second-order valence-electron chi connectivity index (χ2n) is 4.47. The van der Waals surface area contributed by atoms with Crippen molar-refractivity contribution in [1.29, 1.82) is 0 Å². The van der Waals surface area contributed by atoms with Crippen LogP contribution in [0, 0.1) is 17.8 Å². The molecule has 2 N–H and O–H groups in total.